The van der Waals surface area contributed by atoms with Crippen LogP contribution in [0.25, 0.3) is 0 Å². The van der Waals surface area contributed by atoms with E-state index >= 15 is 0 Å². The van der Waals surface area contributed by atoms with Crippen LogP contribution in [-0.4, -0.2) is 34.2 Å². The van der Waals surface area contributed by atoms with Gasteiger partial charge in [0.15, 0.2) is 0 Å². The zero-order valence-corrected chi connectivity index (χ0v) is 14.8. The highest BCUT2D eigenvalue weighted by molar-refractivity contribution is 6.34. The lowest BCUT2D eigenvalue weighted by atomic mass is 10.00. The first-order valence-electron chi connectivity index (χ1n) is 8.77. The van der Waals surface area contributed by atoms with Crippen molar-refractivity contribution in [3.8, 4) is 0 Å². The van der Waals surface area contributed by atoms with Crippen LogP contribution in [0, 0.1) is 0 Å². The van der Waals surface area contributed by atoms with Crippen molar-refractivity contribution in [3.63, 3.8) is 0 Å². The van der Waals surface area contributed by atoms with E-state index in [4.69, 9.17) is 0 Å². The number of benzene rings is 2. The lowest BCUT2D eigenvalue weighted by Crippen LogP contribution is -2.48. The van der Waals surface area contributed by atoms with E-state index < -0.39 is 11.8 Å². The molecule has 25 heavy (non-hydrogen) atoms. The summed E-state index contributed by atoms with van der Waals surface area (Å²) in [7, 11) is 0. The maximum atomic E-state index is 12.8. The fourth-order valence-electron chi connectivity index (χ4n) is 3.20. The zero-order valence-electron chi connectivity index (χ0n) is 14.8. The first-order chi connectivity index (χ1) is 12.1. The van der Waals surface area contributed by atoms with E-state index in [0.29, 0.717) is 19.6 Å². The molecule has 0 aliphatic carbocycles. The predicted octanol–water partition coefficient (Wildman–Crippen LogP) is 3.01. The fraction of sp³-hybridized carbons (Fsp3) is 0.333. The monoisotopic (exact) mass is 336 g/mol. The first-order valence-corrected chi connectivity index (χ1v) is 8.77. The van der Waals surface area contributed by atoms with E-state index in [1.165, 1.54) is 5.56 Å². The number of carbonyl (C=O) groups excluding carboxylic acids is 2. The molecular formula is C21H24N2O2. The summed E-state index contributed by atoms with van der Waals surface area (Å²) in [5.74, 6) is -0.822. The number of fused-ring (bicyclic) bond motifs is 1. The lowest BCUT2D eigenvalue weighted by molar-refractivity contribution is -0.153. The minimum absolute atomic E-state index is 0.0336. The van der Waals surface area contributed by atoms with Gasteiger partial charge in [-0.25, -0.2) is 0 Å². The van der Waals surface area contributed by atoms with Crippen molar-refractivity contribution in [1.29, 1.82) is 0 Å². The van der Waals surface area contributed by atoms with Crippen molar-refractivity contribution in [3.05, 3.63) is 71.3 Å². The Morgan fingerprint density at radius 2 is 1.64 bits per heavy atom. The number of amides is 2. The van der Waals surface area contributed by atoms with Crippen LogP contribution in [-0.2, 0) is 29.1 Å². The van der Waals surface area contributed by atoms with Gasteiger partial charge < -0.3 is 9.80 Å². The summed E-state index contributed by atoms with van der Waals surface area (Å²) in [6.07, 6.45) is 0.801. The Bertz CT molecular complexity index is 756. The van der Waals surface area contributed by atoms with Gasteiger partial charge in [0.25, 0.3) is 0 Å². The molecular weight excluding hydrogens is 312 g/mol. The second-order valence-electron chi connectivity index (χ2n) is 6.76. The molecule has 1 heterocycles. The quantitative estimate of drug-likeness (QED) is 0.809. The van der Waals surface area contributed by atoms with Gasteiger partial charge in [-0.15, -0.1) is 0 Å². The smallest absolute Gasteiger partial charge is 0.312 e. The van der Waals surface area contributed by atoms with Crippen molar-refractivity contribution >= 4 is 11.8 Å². The van der Waals surface area contributed by atoms with Crippen LogP contribution in [0.1, 0.15) is 30.5 Å². The normalized spacial score (nSPS) is 13.5. The van der Waals surface area contributed by atoms with Gasteiger partial charge in [-0.3, -0.25) is 9.59 Å². The third-order valence-electron chi connectivity index (χ3n) is 4.68. The largest absolute Gasteiger partial charge is 0.330 e. The molecule has 0 unspecified atom stereocenters. The van der Waals surface area contributed by atoms with E-state index in [2.05, 4.69) is 6.07 Å². The third kappa shape index (κ3) is 3.90. The predicted molar refractivity (Wildman–Crippen MR) is 97.7 cm³/mol. The Morgan fingerprint density at radius 1 is 1.00 bits per heavy atom. The number of nitrogens with zero attached hydrogens (tertiary/aromatic N) is 2. The maximum Gasteiger partial charge on any atom is 0.312 e. The van der Waals surface area contributed by atoms with E-state index in [0.717, 1.165) is 17.5 Å². The molecule has 0 fully saturated rings. The highest BCUT2D eigenvalue weighted by Crippen LogP contribution is 2.19. The minimum atomic E-state index is -0.418. The molecule has 4 nitrogen and oxygen atoms in total. The molecule has 0 radical (unpaired) electrons. The topological polar surface area (TPSA) is 40.6 Å². The van der Waals surface area contributed by atoms with Gasteiger partial charge in [0, 0.05) is 25.7 Å². The Kier molecular flexibility index (Phi) is 5.17. The molecule has 2 aromatic rings. The van der Waals surface area contributed by atoms with Crippen LogP contribution < -0.4 is 0 Å². The molecule has 130 valence electrons. The van der Waals surface area contributed by atoms with Gasteiger partial charge in [-0.2, -0.15) is 0 Å². The molecule has 1 aliphatic heterocycles. The van der Waals surface area contributed by atoms with Gasteiger partial charge in [0.05, 0.1) is 0 Å². The molecule has 2 aromatic carbocycles. The number of rotatable bonds is 3. The van der Waals surface area contributed by atoms with Crippen LogP contribution in [0.5, 0.6) is 0 Å². The van der Waals surface area contributed by atoms with Gasteiger partial charge in [0.1, 0.15) is 0 Å². The standard InChI is InChI=1S/C21H24N2O2/c1-16(2)23(14-17-8-4-3-5-9-17)21(25)20(24)22-13-12-18-10-6-7-11-19(18)15-22/h3-11,16H,12-15H2,1-2H3. The van der Waals surface area contributed by atoms with Crippen LogP contribution in [0.2, 0.25) is 0 Å². The Balaban J connectivity index is 1.73. The lowest BCUT2D eigenvalue weighted by Gasteiger charge is -2.32. The SMILES string of the molecule is CC(C)N(Cc1ccccc1)C(=O)C(=O)N1CCc2ccccc2C1. The average Bonchev–Trinajstić information content (AvgIpc) is 2.65. The van der Waals surface area contributed by atoms with Crippen LogP contribution in [0.15, 0.2) is 54.6 Å². The van der Waals surface area contributed by atoms with Crippen molar-refractivity contribution in [2.45, 2.75) is 39.4 Å². The Hall–Kier alpha value is -2.62. The zero-order chi connectivity index (χ0) is 17.8. The second kappa shape index (κ2) is 7.51. The number of hydrogen-bond donors (Lipinski definition) is 0. The second-order valence-corrected chi connectivity index (χ2v) is 6.76. The molecule has 3 rings (SSSR count). The summed E-state index contributed by atoms with van der Waals surface area (Å²) in [5, 5.41) is 0. The van der Waals surface area contributed by atoms with E-state index in [1.807, 2.05) is 62.4 Å². The summed E-state index contributed by atoms with van der Waals surface area (Å²) in [6, 6.07) is 17.9. The summed E-state index contributed by atoms with van der Waals surface area (Å²) < 4.78 is 0. The summed E-state index contributed by atoms with van der Waals surface area (Å²) in [6.45, 7) is 5.45. The number of hydrogen-bond acceptors (Lipinski definition) is 2. The molecule has 0 spiro atoms. The summed E-state index contributed by atoms with van der Waals surface area (Å²) in [4.78, 5) is 28.9. The van der Waals surface area contributed by atoms with Crippen molar-refractivity contribution < 1.29 is 9.59 Å². The van der Waals surface area contributed by atoms with Crippen LogP contribution in [0.4, 0.5) is 0 Å². The highest BCUT2D eigenvalue weighted by atomic mass is 16.2. The molecule has 4 heteroatoms. The van der Waals surface area contributed by atoms with Gasteiger partial charge >= 0.3 is 11.8 Å². The first kappa shape index (κ1) is 17.2. The van der Waals surface area contributed by atoms with E-state index in [-0.39, 0.29) is 6.04 Å². The number of carbonyl (C=O) groups is 2. The van der Waals surface area contributed by atoms with E-state index in [1.54, 1.807) is 9.80 Å². The molecule has 0 N–H and O–H groups in total. The molecule has 0 bridgehead atoms. The van der Waals surface area contributed by atoms with Crippen LogP contribution in [0.3, 0.4) is 0 Å². The molecule has 0 aromatic heterocycles. The Labute approximate surface area is 149 Å². The van der Waals surface area contributed by atoms with Crippen molar-refractivity contribution in [1.82, 2.24) is 9.80 Å². The summed E-state index contributed by atoms with van der Waals surface area (Å²) >= 11 is 0. The third-order valence-corrected chi connectivity index (χ3v) is 4.68. The minimum Gasteiger partial charge on any atom is -0.330 e. The van der Waals surface area contributed by atoms with Gasteiger partial charge in [-0.05, 0) is 37.0 Å². The molecule has 1 aliphatic rings. The average molecular weight is 336 g/mol. The van der Waals surface area contributed by atoms with Gasteiger partial charge in [0.2, 0.25) is 0 Å². The molecule has 0 atom stereocenters. The van der Waals surface area contributed by atoms with E-state index in [9.17, 15) is 9.59 Å². The summed E-state index contributed by atoms with van der Waals surface area (Å²) in [5.41, 5.74) is 3.43. The Morgan fingerprint density at radius 3 is 2.32 bits per heavy atom. The molecule has 2 amide bonds. The highest BCUT2D eigenvalue weighted by Gasteiger charge is 2.30. The fourth-order valence-corrected chi connectivity index (χ4v) is 3.20. The van der Waals surface area contributed by atoms with Crippen molar-refractivity contribution in [2.75, 3.05) is 6.54 Å². The van der Waals surface area contributed by atoms with Crippen molar-refractivity contribution in [2.24, 2.45) is 0 Å². The van der Waals surface area contributed by atoms with Gasteiger partial charge in [-0.1, -0.05) is 54.6 Å². The maximum absolute atomic E-state index is 12.8. The molecule has 0 saturated heterocycles. The van der Waals surface area contributed by atoms with Crippen LogP contribution >= 0.6 is 0 Å². The molecule has 0 saturated carbocycles.